The van der Waals surface area contributed by atoms with Gasteiger partial charge in [0.25, 0.3) is 0 Å². The van der Waals surface area contributed by atoms with Crippen molar-refractivity contribution in [3.63, 3.8) is 0 Å². The summed E-state index contributed by atoms with van der Waals surface area (Å²) in [6.45, 7) is 3.84. The van der Waals surface area contributed by atoms with E-state index in [0.717, 1.165) is 23.4 Å². The molecule has 0 heterocycles. The lowest BCUT2D eigenvalue weighted by molar-refractivity contribution is -0.140. The predicted octanol–water partition coefficient (Wildman–Crippen LogP) is 5.25. The van der Waals surface area contributed by atoms with Crippen LogP contribution in [0.4, 0.5) is 5.69 Å². The van der Waals surface area contributed by atoms with Crippen LogP contribution >= 0.6 is 39.1 Å². The van der Waals surface area contributed by atoms with E-state index in [1.54, 1.807) is 49.4 Å². The number of rotatable bonds is 12. The molecule has 2 amide bonds. The molecule has 35 heavy (non-hydrogen) atoms. The molecule has 0 unspecified atom stereocenters. The molecule has 11 heteroatoms. The zero-order valence-corrected chi connectivity index (χ0v) is 23.8. The summed E-state index contributed by atoms with van der Waals surface area (Å²) in [4.78, 5) is 28.1. The lowest BCUT2D eigenvalue weighted by atomic mass is 10.1. The highest BCUT2D eigenvalue weighted by Crippen LogP contribution is 2.29. The summed E-state index contributed by atoms with van der Waals surface area (Å²) in [7, 11) is -3.81. The number of nitrogens with one attached hydrogen (secondary N) is 1. The van der Waals surface area contributed by atoms with E-state index in [2.05, 4.69) is 21.2 Å². The van der Waals surface area contributed by atoms with E-state index in [9.17, 15) is 18.0 Å². The first-order valence-corrected chi connectivity index (χ1v) is 14.6. The second-order valence-corrected chi connectivity index (χ2v) is 11.7. The van der Waals surface area contributed by atoms with Crippen molar-refractivity contribution in [1.29, 1.82) is 0 Å². The first-order valence-electron chi connectivity index (χ1n) is 11.2. The molecule has 0 aliphatic rings. The van der Waals surface area contributed by atoms with Crippen molar-refractivity contribution in [2.45, 2.75) is 45.7 Å². The Morgan fingerprint density at radius 2 is 1.80 bits per heavy atom. The lowest BCUT2D eigenvalue weighted by Crippen LogP contribution is -2.52. The minimum atomic E-state index is -3.81. The average molecular weight is 607 g/mol. The molecule has 1 atom stereocenters. The van der Waals surface area contributed by atoms with Gasteiger partial charge in [0.15, 0.2) is 0 Å². The average Bonchev–Trinajstić information content (AvgIpc) is 2.78. The number of hydrogen-bond acceptors (Lipinski definition) is 4. The van der Waals surface area contributed by atoms with Crippen molar-refractivity contribution in [3.05, 3.63) is 62.5 Å². The first kappa shape index (κ1) is 29.4. The van der Waals surface area contributed by atoms with Crippen molar-refractivity contribution in [2.75, 3.05) is 23.7 Å². The molecule has 192 valence electrons. The van der Waals surface area contributed by atoms with Gasteiger partial charge >= 0.3 is 0 Å². The number of sulfonamides is 1. The maximum atomic E-state index is 13.7. The van der Waals surface area contributed by atoms with Gasteiger partial charge < -0.3 is 10.2 Å². The standard InChI is InChI=1S/C24H30BrCl2N3O4S/c1-4-6-13-28-24(32)21(5-2)29(15-17-11-12-18(26)14-20(17)27)23(31)16-30(35(3,33)34)22-10-8-7-9-19(22)25/h7-12,14,21H,4-6,13,15-16H2,1-3H3,(H,28,32)/t21-/m0/s1. The van der Waals surface area contributed by atoms with Crippen LogP contribution in [0.5, 0.6) is 0 Å². The minimum Gasteiger partial charge on any atom is -0.354 e. The van der Waals surface area contributed by atoms with E-state index in [-0.39, 0.29) is 12.5 Å². The number of carbonyl (C=O) groups excluding carboxylic acids is 2. The zero-order valence-electron chi connectivity index (χ0n) is 19.9. The normalized spacial score (nSPS) is 12.2. The Bertz CT molecular complexity index is 1150. The van der Waals surface area contributed by atoms with Crippen LogP contribution in [0.1, 0.15) is 38.7 Å². The smallest absolute Gasteiger partial charge is 0.244 e. The largest absolute Gasteiger partial charge is 0.354 e. The number of benzene rings is 2. The summed E-state index contributed by atoms with van der Waals surface area (Å²) in [5, 5.41) is 3.67. The van der Waals surface area contributed by atoms with Gasteiger partial charge in [0.1, 0.15) is 12.6 Å². The Hall–Kier alpha value is -1.81. The molecule has 0 fully saturated rings. The van der Waals surface area contributed by atoms with E-state index >= 15 is 0 Å². The van der Waals surface area contributed by atoms with Gasteiger partial charge in [-0.3, -0.25) is 13.9 Å². The van der Waals surface area contributed by atoms with Crippen LogP contribution in [0.3, 0.4) is 0 Å². The van der Waals surface area contributed by atoms with Gasteiger partial charge in [-0.2, -0.15) is 0 Å². The van der Waals surface area contributed by atoms with Crippen molar-refractivity contribution in [2.24, 2.45) is 0 Å². The van der Waals surface area contributed by atoms with E-state index in [0.29, 0.717) is 38.7 Å². The molecule has 0 aliphatic carbocycles. The molecule has 0 saturated carbocycles. The summed E-state index contributed by atoms with van der Waals surface area (Å²) >= 11 is 15.8. The quantitative estimate of drug-likeness (QED) is 0.335. The number of unbranched alkanes of at least 4 members (excludes halogenated alkanes) is 1. The van der Waals surface area contributed by atoms with E-state index in [1.165, 1.54) is 4.90 Å². The summed E-state index contributed by atoms with van der Waals surface area (Å²) in [5.41, 5.74) is 0.921. The van der Waals surface area contributed by atoms with Gasteiger partial charge in [-0.1, -0.05) is 61.7 Å². The third kappa shape index (κ3) is 8.37. The molecule has 0 aromatic heterocycles. The molecular formula is C24H30BrCl2N3O4S. The van der Waals surface area contributed by atoms with Gasteiger partial charge in [-0.15, -0.1) is 0 Å². The lowest BCUT2D eigenvalue weighted by Gasteiger charge is -2.33. The molecule has 2 rings (SSSR count). The fourth-order valence-corrected chi connectivity index (χ4v) is 5.45. The summed E-state index contributed by atoms with van der Waals surface area (Å²) < 4.78 is 26.9. The molecule has 2 aromatic carbocycles. The molecule has 0 saturated heterocycles. The number of nitrogens with zero attached hydrogens (tertiary/aromatic N) is 2. The van der Waals surface area contributed by atoms with Gasteiger partial charge in [-0.05, 0) is 58.6 Å². The van der Waals surface area contributed by atoms with Gasteiger partial charge in [-0.25, -0.2) is 8.42 Å². The summed E-state index contributed by atoms with van der Waals surface area (Å²) in [6.07, 6.45) is 3.09. The third-order valence-corrected chi connectivity index (χ3v) is 7.76. The maximum Gasteiger partial charge on any atom is 0.244 e. The number of hydrogen-bond donors (Lipinski definition) is 1. The fourth-order valence-electron chi connectivity index (χ4n) is 3.51. The van der Waals surface area contributed by atoms with Gasteiger partial charge in [0, 0.05) is 27.6 Å². The van der Waals surface area contributed by atoms with Gasteiger partial charge in [0.05, 0.1) is 11.9 Å². The first-order chi connectivity index (χ1) is 16.5. The van der Waals surface area contributed by atoms with Crippen LogP contribution < -0.4 is 9.62 Å². The van der Waals surface area contributed by atoms with Gasteiger partial charge in [0.2, 0.25) is 21.8 Å². The van der Waals surface area contributed by atoms with Crippen molar-refractivity contribution >= 4 is 66.7 Å². The topological polar surface area (TPSA) is 86.8 Å². The Kier molecular flexibility index (Phi) is 11.3. The number of carbonyl (C=O) groups is 2. The summed E-state index contributed by atoms with van der Waals surface area (Å²) in [5.74, 6) is -0.833. The Morgan fingerprint density at radius 3 is 2.37 bits per heavy atom. The fraction of sp³-hybridized carbons (Fsp3) is 0.417. The molecule has 0 bridgehead atoms. The molecule has 7 nitrogen and oxygen atoms in total. The van der Waals surface area contributed by atoms with E-state index < -0.39 is 28.5 Å². The molecule has 0 radical (unpaired) electrons. The number of amides is 2. The van der Waals surface area contributed by atoms with Crippen molar-refractivity contribution in [3.8, 4) is 0 Å². The second-order valence-electron chi connectivity index (χ2n) is 8.05. The SMILES string of the molecule is CCCCNC(=O)[C@H](CC)N(Cc1ccc(Cl)cc1Cl)C(=O)CN(c1ccccc1Br)S(C)(=O)=O. The Balaban J connectivity index is 2.45. The van der Waals surface area contributed by atoms with Crippen molar-refractivity contribution < 1.29 is 18.0 Å². The second kappa shape index (κ2) is 13.5. The highest BCUT2D eigenvalue weighted by atomic mass is 79.9. The molecule has 1 N–H and O–H groups in total. The zero-order chi connectivity index (χ0) is 26.2. The third-order valence-electron chi connectivity index (χ3n) is 5.37. The van der Waals surface area contributed by atoms with Crippen LogP contribution in [0.15, 0.2) is 46.9 Å². The molecule has 0 aliphatic heterocycles. The number of anilines is 1. The summed E-state index contributed by atoms with van der Waals surface area (Å²) in [6, 6.07) is 10.8. The van der Waals surface area contributed by atoms with E-state index in [4.69, 9.17) is 23.2 Å². The highest BCUT2D eigenvalue weighted by molar-refractivity contribution is 9.10. The van der Waals surface area contributed by atoms with Crippen LogP contribution in [0.2, 0.25) is 10.0 Å². The van der Waals surface area contributed by atoms with Crippen LogP contribution in [-0.4, -0.2) is 50.5 Å². The molecule has 2 aromatic rings. The molecule has 0 spiro atoms. The minimum absolute atomic E-state index is 0.0160. The number of para-hydroxylation sites is 1. The van der Waals surface area contributed by atoms with Crippen molar-refractivity contribution in [1.82, 2.24) is 10.2 Å². The van der Waals surface area contributed by atoms with Crippen LogP contribution in [-0.2, 0) is 26.2 Å². The van der Waals surface area contributed by atoms with E-state index in [1.807, 2.05) is 6.92 Å². The molecular weight excluding hydrogens is 577 g/mol. The monoisotopic (exact) mass is 605 g/mol. The Labute approximate surface area is 225 Å². The van der Waals surface area contributed by atoms with Crippen LogP contribution in [0, 0.1) is 0 Å². The Morgan fingerprint density at radius 1 is 1.11 bits per heavy atom. The predicted molar refractivity (Wildman–Crippen MR) is 145 cm³/mol. The van der Waals surface area contributed by atoms with Crippen LogP contribution in [0.25, 0.3) is 0 Å². The highest BCUT2D eigenvalue weighted by Gasteiger charge is 2.32. The maximum absolute atomic E-state index is 13.7. The number of halogens is 3.